The van der Waals surface area contributed by atoms with Crippen molar-refractivity contribution < 1.29 is 9.63 Å². The van der Waals surface area contributed by atoms with E-state index in [0.717, 1.165) is 5.06 Å². The van der Waals surface area contributed by atoms with E-state index in [4.69, 9.17) is 4.84 Å². The number of carbonyl (C=O) groups is 1. The van der Waals surface area contributed by atoms with Gasteiger partial charge in [-0.1, -0.05) is 0 Å². The summed E-state index contributed by atoms with van der Waals surface area (Å²) in [6, 6.07) is 4.89. The lowest BCUT2D eigenvalue weighted by atomic mass is 10.1. The van der Waals surface area contributed by atoms with Gasteiger partial charge in [0.2, 0.25) is 0 Å². The van der Waals surface area contributed by atoms with Gasteiger partial charge in [0.05, 0.1) is 18.5 Å². The van der Waals surface area contributed by atoms with Gasteiger partial charge in [0.1, 0.15) is 0 Å². The summed E-state index contributed by atoms with van der Waals surface area (Å²) in [6.07, 6.45) is 0. The van der Waals surface area contributed by atoms with Crippen LogP contribution < -0.4 is 0 Å². The standard InChI is InChI=1S/C11H13N3O2/c1-12-9-6-5-8(7-10(9)13-2)11(15)14(3)16-4/h5-7H,1-2H2,3-4H3. The predicted octanol–water partition coefficient (Wildman–Crippen LogP) is 1.98. The van der Waals surface area contributed by atoms with E-state index in [1.54, 1.807) is 18.2 Å². The van der Waals surface area contributed by atoms with Crippen molar-refractivity contribution in [3.63, 3.8) is 0 Å². The van der Waals surface area contributed by atoms with Gasteiger partial charge in [0.15, 0.2) is 0 Å². The topological polar surface area (TPSA) is 54.3 Å². The van der Waals surface area contributed by atoms with Gasteiger partial charge in [-0.2, -0.15) is 0 Å². The van der Waals surface area contributed by atoms with Gasteiger partial charge in [-0.3, -0.25) is 19.6 Å². The lowest BCUT2D eigenvalue weighted by Gasteiger charge is -2.13. The van der Waals surface area contributed by atoms with Crippen LogP contribution in [0.3, 0.4) is 0 Å². The molecule has 1 amide bonds. The fourth-order valence-corrected chi connectivity index (χ4v) is 1.18. The molecule has 0 aliphatic heterocycles. The van der Waals surface area contributed by atoms with Crippen LogP contribution in [0.1, 0.15) is 10.4 Å². The maximum absolute atomic E-state index is 11.7. The highest BCUT2D eigenvalue weighted by atomic mass is 16.7. The molecule has 0 aliphatic carbocycles. The molecule has 0 aliphatic rings. The zero-order chi connectivity index (χ0) is 12.1. The minimum absolute atomic E-state index is 0.261. The molecule has 0 bridgehead atoms. The molecule has 1 rings (SSSR count). The van der Waals surface area contributed by atoms with Crippen molar-refractivity contribution in [3.05, 3.63) is 23.8 Å². The van der Waals surface area contributed by atoms with E-state index in [2.05, 4.69) is 23.4 Å². The molecular weight excluding hydrogens is 206 g/mol. The predicted molar refractivity (Wildman–Crippen MR) is 64.0 cm³/mol. The molecule has 0 unspecified atom stereocenters. The second-order valence-corrected chi connectivity index (χ2v) is 3.00. The molecule has 1 aromatic rings. The Labute approximate surface area is 94.0 Å². The Kier molecular flexibility index (Phi) is 3.90. The third-order valence-electron chi connectivity index (χ3n) is 2.12. The molecule has 0 radical (unpaired) electrons. The molecule has 0 fully saturated rings. The molecule has 0 spiro atoms. The number of hydroxylamine groups is 2. The zero-order valence-electron chi connectivity index (χ0n) is 9.30. The highest BCUT2D eigenvalue weighted by Crippen LogP contribution is 2.28. The minimum atomic E-state index is -0.261. The van der Waals surface area contributed by atoms with E-state index in [9.17, 15) is 4.79 Å². The number of benzene rings is 1. The van der Waals surface area contributed by atoms with Crippen LogP contribution in [0.25, 0.3) is 0 Å². The van der Waals surface area contributed by atoms with Crippen LogP contribution in [-0.4, -0.2) is 38.6 Å². The largest absolute Gasteiger partial charge is 0.277 e. The average molecular weight is 219 g/mol. The number of rotatable bonds is 4. The van der Waals surface area contributed by atoms with Crippen molar-refractivity contribution in [2.45, 2.75) is 0 Å². The molecule has 16 heavy (non-hydrogen) atoms. The molecule has 0 atom stereocenters. The zero-order valence-corrected chi connectivity index (χ0v) is 9.30. The van der Waals surface area contributed by atoms with Gasteiger partial charge >= 0.3 is 0 Å². The Morgan fingerprint density at radius 1 is 1.31 bits per heavy atom. The number of nitrogens with zero attached hydrogens (tertiary/aromatic N) is 3. The maximum atomic E-state index is 11.7. The Bertz CT molecular complexity index is 429. The molecule has 0 aromatic heterocycles. The van der Waals surface area contributed by atoms with E-state index in [-0.39, 0.29) is 5.91 Å². The first-order valence-corrected chi connectivity index (χ1v) is 4.53. The second-order valence-electron chi connectivity index (χ2n) is 3.00. The molecule has 0 saturated carbocycles. The van der Waals surface area contributed by atoms with Gasteiger partial charge in [-0.15, -0.1) is 0 Å². The summed E-state index contributed by atoms with van der Waals surface area (Å²) in [5.41, 5.74) is 1.57. The minimum Gasteiger partial charge on any atom is -0.274 e. The summed E-state index contributed by atoms with van der Waals surface area (Å²) in [6.45, 7) is 6.82. The third kappa shape index (κ3) is 2.32. The van der Waals surface area contributed by atoms with E-state index in [0.29, 0.717) is 16.9 Å². The van der Waals surface area contributed by atoms with Crippen LogP contribution in [0, 0.1) is 0 Å². The first kappa shape index (κ1) is 12.1. The van der Waals surface area contributed by atoms with Crippen LogP contribution in [0.2, 0.25) is 0 Å². The molecule has 1 aromatic carbocycles. The van der Waals surface area contributed by atoms with Crippen LogP contribution in [0.15, 0.2) is 28.2 Å². The number of hydrogen-bond acceptors (Lipinski definition) is 4. The van der Waals surface area contributed by atoms with E-state index in [1.807, 2.05) is 0 Å². The SMILES string of the molecule is C=Nc1ccc(C(=O)N(C)OC)cc1N=C. The summed E-state index contributed by atoms with van der Waals surface area (Å²) in [7, 11) is 2.95. The van der Waals surface area contributed by atoms with E-state index < -0.39 is 0 Å². The smallest absolute Gasteiger partial charge is 0.274 e. The fourth-order valence-electron chi connectivity index (χ4n) is 1.18. The monoisotopic (exact) mass is 219 g/mol. The Hall–Kier alpha value is -2.01. The third-order valence-corrected chi connectivity index (χ3v) is 2.12. The first-order valence-electron chi connectivity index (χ1n) is 4.53. The maximum Gasteiger partial charge on any atom is 0.277 e. The summed E-state index contributed by atoms with van der Waals surface area (Å²) in [5, 5.41) is 1.13. The molecule has 5 nitrogen and oxygen atoms in total. The molecule has 5 heteroatoms. The summed E-state index contributed by atoms with van der Waals surface area (Å²) in [4.78, 5) is 24.1. The van der Waals surface area contributed by atoms with Crippen molar-refractivity contribution in [2.75, 3.05) is 14.2 Å². The number of aliphatic imine (C=N–C) groups is 2. The van der Waals surface area contributed by atoms with Crippen molar-refractivity contribution in [1.82, 2.24) is 5.06 Å². The first-order chi connectivity index (χ1) is 7.63. The lowest BCUT2D eigenvalue weighted by Crippen LogP contribution is -2.25. The Morgan fingerprint density at radius 3 is 2.44 bits per heavy atom. The second kappa shape index (κ2) is 5.18. The number of amides is 1. The normalized spacial score (nSPS) is 9.62. The highest BCUT2D eigenvalue weighted by Gasteiger charge is 2.12. The highest BCUT2D eigenvalue weighted by molar-refractivity contribution is 5.95. The van der Waals surface area contributed by atoms with Crippen molar-refractivity contribution in [1.29, 1.82) is 0 Å². The van der Waals surface area contributed by atoms with Gasteiger partial charge in [-0.05, 0) is 31.6 Å². The Morgan fingerprint density at radius 2 is 1.94 bits per heavy atom. The van der Waals surface area contributed by atoms with E-state index in [1.165, 1.54) is 14.2 Å². The molecule has 84 valence electrons. The summed E-state index contributed by atoms with van der Waals surface area (Å²) < 4.78 is 0. The Balaban J connectivity index is 3.12. The van der Waals surface area contributed by atoms with Crippen molar-refractivity contribution >= 4 is 30.7 Å². The molecule has 0 N–H and O–H groups in total. The van der Waals surface area contributed by atoms with Gasteiger partial charge < -0.3 is 0 Å². The lowest BCUT2D eigenvalue weighted by molar-refractivity contribution is -0.0756. The summed E-state index contributed by atoms with van der Waals surface area (Å²) in [5.74, 6) is -0.261. The number of hydrogen-bond donors (Lipinski definition) is 0. The molecule has 0 saturated heterocycles. The quantitative estimate of drug-likeness (QED) is 0.574. The van der Waals surface area contributed by atoms with E-state index >= 15 is 0 Å². The van der Waals surface area contributed by atoms with Crippen molar-refractivity contribution in [3.8, 4) is 0 Å². The van der Waals surface area contributed by atoms with Crippen LogP contribution in [0.4, 0.5) is 11.4 Å². The molecular formula is C11H13N3O2. The number of carbonyl (C=O) groups excluding carboxylic acids is 1. The molecule has 0 heterocycles. The average Bonchev–Trinajstić information content (AvgIpc) is 2.35. The van der Waals surface area contributed by atoms with Gasteiger partial charge in [0, 0.05) is 12.6 Å². The van der Waals surface area contributed by atoms with Gasteiger partial charge in [0.25, 0.3) is 5.91 Å². The fraction of sp³-hybridized carbons (Fsp3) is 0.182. The van der Waals surface area contributed by atoms with Crippen LogP contribution in [-0.2, 0) is 4.84 Å². The van der Waals surface area contributed by atoms with Crippen molar-refractivity contribution in [2.24, 2.45) is 9.98 Å². The van der Waals surface area contributed by atoms with Crippen LogP contribution >= 0.6 is 0 Å². The van der Waals surface area contributed by atoms with Gasteiger partial charge in [-0.25, -0.2) is 5.06 Å². The summed E-state index contributed by atoms with van der Waals surface area (Å²) >= 11 is 0. The van der Waals surface area contributed by atoms with Crippen LogP contribution in [0.5, 0.6) is 0 Å².